The van der Waals surface area contributed by atoms with Gasteiger partial charge >= 0.3 is 0 Å². The second kappa shape index (κ2) is 7.12. The summed E-state index contributed by atoms with van der Waals surface area (Å²) in [5.41, 5.74) is 7.61. The molecule has 1 saturated heterocycles. The normalized spacial score (nSPS) is 26.1. The number of hydrogen-bond donors (Lipinski definition) is 2. The van der Waals surface area contributed by atoms with Crippen LogP contribution in [0.5, 0.6) is 0 Å². The van der Waals surface area contributed by atoms with Crippen LogP contribution >= 0.6 is 0 Å². The summed E-state index contributed by atoms with van der Waals surface area (Å²) < 4.78 is 13.6. The van der Waals surface area contributed by atoms with Crippen LogP contribution in [-0.4, -0.2) is 29.7 Å². The number of nitrogens with zero attached hydrogens (tertiary/aromatic N) is 1. The van der Waals surface area contributed by atoms with Gasteiger partial charge in [0.1, 0.15) is 17.3 Å². The molecule has 4 atom stereocenters. The molecule has 1 fully saturated rings. The predicted molar refractivity (Wildman–Crippen MR) is 126 cm³/mol. The molecule has 3 aliphatic rings. The average molecular weight is 453 g/mol. The van der Waals surface area contributed by atoms with Gasteiger partial charge in [-0.05, 0) is 47.5 Å². The lowest BCUT2D eigenvalue weighted by Gasteiger charge is -2.37. The highest BCUT2D eigenvalue weighted by Crippen LogP contribution is 2.57. The summed E-state index contributed by atoms with van der Waals surface area (Å²) in [6.07, 6.45) is 3.78. The van der Waals surface area contributed by atoms with Crippen LogP contribution in [-0.2, 0) is 15.0 Å². The molecule has 1 unspecified atom stereocenters. The third kappa shape index (κ3) is 2.52. The molecule has 3 aromatic carbocycles. The highest BCUT2D eigenvalue weighted by atomic mass is 19.1. The van der Waals surface area contributed by atoms with Crippen LogP contribution in [0.2, 0.25) is 0 Å². The second-order valence-corrected chi connectivity index (χ2v) is 8.83. The zero-order valence-electron chi connectivity index (χ0n) is 17.9. The number of nitrogens with one attached hydrogen (secondary N) is 1. The van der Waals surface area contributed by atoms with Crippen molar-refractivity contribution in [2.45, 2.75) is 17.5 Å². The van der Waals surface area contributed by atoms with Crippen molar-refractivity contribution in [3.8, 4) is 0 Å². The molecule has 0 radical (unpaired) electrons. The van der Waals surface area contributed by atoms with Crippen molar-refractivity contribution < 1.29 is 18.8 Å². The van der Waals surface area contributed by atoms with Crippen molar-refractivity contribution in [3.63, 3.8) is 0 Å². The van der Waals surface area contributed by atoms with Crippen LogP contribution in [0, 0.1) is 11.7 Å². The molecular formula is C27H20FN3O3. The van der Waals surface area contributed by atoms with E-state index in [9.17, 15) is 18.8 Å². The van der Waals surface area contributed by atoms with Crippen molar-refractivity contribution in [2.75, 3.05) is 10.2 Å². The number of halogens is 1. The highest BCUT2D eigenvalue weighted by Gasteiger charge is 2.70. The Labute approximate surface area is 194 Å². The first kappa shape index (κ1) is 20.4. The number of amides is 2. The van der Waals surface area contributed by atoms with E-state index in [1.54, 1.807) is 12.1 Å². The standard InChI is InChI=1S/C27H20FN3O3/c28-17-12-9-16(10-13-17)24(32)22-23(25(29)33)31-20-8-4-1-5-15(20)11-14-21(31)27(22)18-6-2-3-7-19(18)30-26(27)34/h1-14,21-23H,(H2,29,33)(H,30,34)/t21?,22-,23+,27+/m0/s1. The lowest BCUT2D eigenvalue weighted by Crippen LogP contribution is -2.51. The van der Waals surface area contributed by atoms with Crippen molar-refractivity contribution >= 4 is 35.0 Å². The maximum atomic E-state index is 14.1. The summed E-state index contributed by atoms with van der Waals surface area (Å²) in [7, 11) is 0. The summed E-state index contributed by atoms with van der Waals surface area (Å²) in [5, 5.41) is 2.93. The van der Waals surface area contributed by atoms with Crippen molar-refractivity contribution in [2.24, 2.45) is 11.7 Å². The fourth-order valence-corrected chi connectivity index (χ4v) is 5.94. The second-order valence-electron chi connectivity index (χ2n) is 8.83. The van der Waals surface area contributed by atoms with Crippen molar-refractivity contribution in [3.05, 3.63) is 101 Å². The summed E-state index contributed by atoms with van der Waals surface area (Å²) in [4.78, 5) is 42.8. The number of hydrogen-bond acceptors (Lipinski definition) is 4. The first-order valence-electron chi connectivity index (χ1n) is 11.0. The van der Waals surface area contributed by atoms with Crippen LogP contribution in [0.3, 0.4) is 0 Å². The van der Waals surface area contributed by atoms with Crippen molar-refractivity contribution in [1.82, 2.24) is 0 Å². The van der Waals surface area contributed by atoms with Crippen LogP contribution in [0.4, 0.5) is 15.8 Å². The molecule has 1 spiro atoms. The summed E-state index contributed by atoms with van der Waals surface area (Å²) in [5.74, 6) is -3.11. The van der Waals surface area contributed by atoms with Gasteiger partial charge in [-0.1, -0.05) is 48.6 Å². The van der Waals surface area contributed by atoms with Crippen LogP contribution in [0.1, 0.15) is 21.5 Å². The topological polar surface area (TPSA) is 92.5 Å². The third-order valence-electron chi connectivity index (χ3n) is 7.24. The number of anilines is 2. The fourth-order valence-electron chi connectivity index (χ4n) is 5.94. The number of carbonyl (C=O) groups is 3. The van der Waals surface area contributed by atoms with Crippen LogP contribution < -0.4 is 16.0 Å². The van der Waals surface area contributed by atoms with Gasteiger partial charge in [0.2, 0.25) is 11.8 Å². The van der Waals surface area contributed by atoms with Crippen LogP contribution in [0.15, 0.2) is 78.9 Å². The van der Waals surface area contributed by atoms with E-state index in [4.69, 9.17) is 5.73 Å². The fraction of sp³-hybridized carbons (Fsp3) is 0.148. The third-order valence-corrected chi connectivity index (χ3v) is 7.24. The largest absolute Gasteiger partial charge is 0.368 e. The molecule has 0 aromatic heterocycles. The molecule has 0 aliphatic carbocycles. The first-order valence-corrected chi connectivity index (χ1v) is 11.0. The molecule has 3 aliphatic heterocycles. The van der Waals surface area contributed by atoms with Gasteiger partial charge in [0.15, 0.2) is 5.78 Å². The summed E-state index contributed by atoms with van der Waals surface area (Å²) >= 11 is 0. The molecule has 2 amide bonds. The lowest BCUT2D eigenvalue weighted by atomic mass is 9.64. The smallest absolute Gasteiger partial charge is 0.240 e. The number of carbonyl (C=O) groups excluding carboxylic acids is 3. The van der Waals surface area contributed by atoms with Gasteiger partial charge in [-0.25, -0.2) is 4.39 Å². The minimum Gasteiger partial charge on any atom is -0.368 e. The molecule has 0 saturated carbocycles. The Morgan fingerprint density at radius 2 is 1.68 bits per heavy atom. The molecule has 0 bridgehead atoms. The predicted octanol–water partition coefficient (Wildman–Crippen LogP) is 3.28. The molecule has 3 heterocycles. The van der Waals surface area contributed by atoms with E-state index < -0.39 is 40.9 Å². The van der Waals surface area contributed by atoms with Gasteiger partial charge in [-0.3, -0.25) is 14.4 Å². The molecule has 3 N–H and O–H groups in total. The number of primary amides is 1. The Morgan fingerprint density at radius 1 is 0.971 bits per heavy atom. The van der Waals surface area contributed by atoms with Crippen molar-refractivity contribution in [1.29, 1.82) is 0 Å². The number of nitrogens with two attached hydrogens (primary N) is 1. The number of ketones is 1. The quantitative estimate of drug-likeness (QED) is 0.596. The van der Waals surface area contributed by atoms with Gasteiger partial charge in [0.05, 0.1) is 12.0 Å². The van der Waals surface area contributed by atoms with Gasteiger partial charge in [0.25, 0.3) is 0 Å². The van der Waals surface area contributed by atoms with E-state index in [0.29, 0.717) is 11.3 Å². The molecule has 3 aromatic rings. The molecule has 168 valence electrons. The van der Waals surface area contributed by atoms with Gasteiger partial charge in [-0.15, -0.1) is 0 Å². The number of fused-ring (bicyclic) bond motifs is 6. The van der Waals surface area contributed by atoms with E-state index in [0.717, 1.165) is 11.3 Å². The zero-order valence-corrected chi connectivity index (χ0v) is 17.9. The molecule has 6 rings (SSSR count). The van der Waals surface area contributed by atoms with E-state index in [1.165, 1.54) is 24.3 Å². The average Bonchev–Trinajstić information content (AvgIpc) is 3.32. The van der Waals surface area contributed by atoms with Gasteiger partial charge < -0.3 is 16.0 Å². The zero-order chi connectivity index (χ0) is 23.6. The van der Waals surface area contributed by atoms with E-state index in [1.807, 2.05) is 53.5 Å². The maximum Gasteiger partial charge on any atom is 0.240 e. The van der Waals surface area contributed by atoms with E-state index in [-0.39, 0.29) is 11.5 Å². The minimum absolute atomic E-state index is 0.214. The monoisotopic (exact) mass is 453 g/mol. The Kier molecular flexibility index (Phi) is 4.26. The Morgan fingerprint density at radius 3 is 2.44 bits per heavy atom. The van der Waals surface area contributed by atoms with Crippen LogP contribution in [0.25, 0.3) is 6.08 Å². The lowest BCUT2D eigenvalue weighted by molar-refractivity contribution is -0.122. The van der Waals surface area contributed by atoms with E-state index >= 15 is 0 Å². The summed E-state index contributed by atoms with van der Waals surface area (Å²) in [6, 6.07) is 18.1. The minimum atomic E-state index is -1.40. The SMILES string of the molecule is NC(=O)[C@H]1[C@@H](C(=O)c2ccc(F)cc2)[C@]2(C(=O)Nc3ccccc32)C2C=Cc3ccccc3N21. The van der Waals surface area contributed by atoms with Gasteiger partial charge in [0, 0.05) is 16.9 Å². The Bertz CT molecular complexity index is 1400. The molecular weight excluding hydrogens is 433 g/mol. The molecule has 34 heavy (non-hydrogen) atoms. The Hall–Kier alpha value is -4.26. The maximum absolute atomic E-state index is 14.1. The first-order chi connectivity index (χ1) is 16.4. The van der Waals surface area contributed by atoms with E-state index in [2.05, 4.69) is 5.32 Å². The molecule has 7 heteroatoms. The van der Waals surface area contributed by atoms with Gasteiger partial charge in [-0.2, -0.15) is 0 Å². The number of rotatable bonds is 3. The Balaban J connectivity index is 1.66. The molecule has 6 nitrogen and oxygen atoms in total. The highest BCUT2D eigenvalue weighted by molar-refractivity contribution is 6.16. The number of Topliss-reactive ketones (excluding diaryl/α,β-unsaturated/α-hetero) is 1. The number of para-hydroxylation sites is 2. The number of benzene rings is 3. The summed E-state index contributed by atoms with van der Waals surface area (Å²) in [6.45, 7) is 0.